The van der Waals surface area contributed by atoms with Gasteiger partial charge in [0.05, 0.1) is 0 Å². The van der Waals surface area contributed by atoms with Gasteiger partial charge >= 0.3 is 0 Å². The fourth-order valence-corrected chi connectivity index (χ4v) is 1.28. The van der Waals surface area contributed by atoms with Gasteiger partial charge in [0.15, 0.2) is 0 Å². The molecule has 3 nitrogen and oxygen atoms in total. The molecule has 1 aliphatic heterocycles. The normalized spacial score (nSPS) is 16.4. The molecular weight excluding hydrogens is 174 g/mol. The summed E-state index contributed by atoms with van der Waals surface area (Å²) in [5.74, 6) is 0.855. The molecule has 0 unspecified atom stereocenters. The summed E-state index contributed by atoms with van der Waals surface area (Å²) >= 11 is 5.74. The first-order chi connectivity index (χ1) is 5.86. The van der Waals surface area contributed by atoms with Gasteiger partial charge in [-0.25, -0.2) is 9.99 Å². The lowest BCUT2D eigenvalue weighted by atomic mass is 10.4. The third-order valence-electron chi connectivity index (χ3n) is 1.67. The van der Waals surface area contributed by atoms with Gasteiger partial charge in [0.2, 0.25) is 0 Å². The summed E-state index contributed by atoms with van der Waals surface area (Å²) in [7, 11) is 0. The van der Waals surface area contributed by atoms with Crippen LogP contribution in [0.2, 0.25) is 0 Å². The molecule has 2 heterocycles. The standard InChI is InChI=1S/C8H8ClN3/c9-7-4-6-12(11-7)8-3-1-2-5-10-8/h1-3,5H,4,6H2. The van der Waals surface area contributed by atoms with E-state index in [0.29, 0.717) is 5.17 Å². The Labute approximate surface area is 75.7 Å². The summed E-state index contributed by atoms with van der Waals surface area (Å²) in [6.07, 6.45) is 2.56. The Hall–Kier alpha value is -1.09. The van der Waals surface area contributed by atoms with E-state index in [2.05, 4.69) is 10.1 Å². The highest BCUT2D eigenvalue weighted by Crippen LogP contribution is 2.16. The minimum atomic E-state index is 0.653. The van der Waals surface area contributed by atoms with Crippen LogP contribution in [0.15, 0.2) is 29.5 Å². The summed E-state index contributed by atoms with van der Waals surface area (Å²) in [5.41, 5.74) is 0. The smallest absolute Gasteiger partial charge is 0.148 e. The number of nitrogens with zero attached hydrogens (tertiary/aromatic N) is 3. The Kier molecular flexibility index (Phi) is 1.96. The molecule has 1 aliphatic rings. The largest absolute Gasteiger partial charge is 0.246 e. The Balaban J connectivity index is 2.22. The predicted octanol–water partition coefficient (Wildman–Crippen LogP) is 1.84. The molecule has 0 radical (unpaired) electrons. The van der Waals surface area contributed by atoms with Crippen molar-refractivity contribution in [2.75, 3.05) is 11.6 Å². The third-order valence-corrected chi connectivity index (χ3v) is 1.94. The molecule has 0 aromatic carbocycles. The molecule has 0 saturated carbocycles. The number of hydrogen-bond acceptors (Lipinski definition) is 3. The lowest BCUT2D eigenvalue weighted by Gasteiger charge is -2.10. The molecule has 0 N–H and O–H groups in total. The molecule has 0 saturated heterocycles. The molecule has 1 aromatic heterocycles. The van der Waals surface area contributed by atoms with E-state index in [-0.39, 0.29) is 0 Å². The van der Waals surface area contributed by atoms with E-state index in [1.54, 1.807) is 6.20 Å². The van der Waals surface area contributed by atoms with Crippen molar-refractivity contribution < 1.29 is 0 Å². The molecule has 12 heavy (non-hydrogen) atoms. The van der Waals surface area contributed by atoms with Gasteiger partial charge in [0.25, 0.3) is 0 Å². The van der Waals surface area contributed by atoms with Gasteiger partial charge < -0.3 is 0 Å². The van der Waals surface area contributed by atoms with Crippen molar-refractivity contribution in [1.82, 2.24) is 4.98 Å². The molecule has 1 aromatic rings. The van der Waals surface area contributed by atoms with Gasteiger partial charge in [-0.1, -0.05) is 17.7 Å². The summed E-state index contributed by atoms with van der Waals surface area (Å²) in [4.78, 5) is 4.16. The van der Waals surface area contributed by atoms with Crippen molar-refractivity contribution in [3.05, 3.63) is 24.4 Å². The highest BCUT2D eigenvalue weighted by atomic mass is 35.5. The van der Waals surface area contributed by atoms with E-state index in [0.717, 1.165) is 18.8 Å². The zero-order valence-electron chi connectivity index (χ0n) is 6.44. The van der Waals surface area contributed by atoms with E-state index < -0.39 is 0 Å². The van der Waals surface area contributed by atoms with E-state index in [9.17, 15) is 0 Å². The zero-order chi connectivity index (χ0) is 8.39. The maximum Gasteiger partial charge on any atom is 0.148 e. The fraction of sp³-hybridized carbons (Fsp3) is 0.250. The monoisotopic (exact) mass is 181 g/mol. The lowest BCUT2D eigenvalue weighted by molar-refractivity contribution is 0.896. The van der Waals surface area contributed by atoms with Crippen LogP contribution in [0.25, 0.3) is 0 Å². The first-order valence-electron chi connectivity index (χ1n) is 3.78. The van der Waals surface area contributed by atoms with Gasteiger partial charge in [0.1, 0.15) is 11.0 Å². The van der Waals surface area contributed by atoms with Crippen molar-refractivity contribution in [2.24, 2.45) is 5.10 Å². The Morgan fingerprint density at radius 3 is 2.92 bits per heavy atom. The number of hydrazone groups is 1. The highest BCUT2D eigenvalue weighted by molar-refractivity contribution is 6.65. The van der Waals surface area contributed by atoms with Gasteiger partial charge in [-0.2, -0.15) is 5.10 Å². The Bertz CT molecular complexity index is 296. The molecule has 2 rings (SSSR count). The number of hydrogen-bond donors (Lipinski definition) is 0. The minimum Gasteiger partial charge on any atom is -0.246 e. The van der Waals surface area contributed by atoms with Crippen LogP contribution in [0.4, 0.5) is 5.82 Å². The Morgan fingerprint density at radius 2 is 2.33 bits per heavy atom. The van der Waals surface area contributed by atoms with Crippen molar-refractivity contribution in [2.45, 2.75) is 6.42 Å². The van der Waals surface area contributed by atoms with Crippen LogP contribution in [-0.4, -0.2) is 16.7 Å². The third kappa shape index (κ3) is 1.41. The van der Waals surface area contributed by atoms with Gasteiger partial charge in [-0.15, -0.1) is 0 Å². The maximum absolute atomic E-state index is 5.74. The van der Waals surface area contributed by atoms with Crippen molar-refractivity contribution in [3.8, 4) is 0 Å². The van der Waals surface area contributed by atoms with Gasteiger partial charge in [0, 0.05) is 19.2 Å². The van der Waals surface area contributed by atoms with Crippen LogP contribution in [0, 0.1) is 0 Å². The molecule has 0 atom stereocenters. The SMILES string of the molecule is ClC1=NN(c2ccccn2)CC1. The van der Waals surface area contributed by atoms with Gasteiger partial charge in [-0.05, 0) is 12.1 Å². The molecule has 0 bridgehead atoms. The van der Waals surface area contributed by atoms with Crippen molar-refractivity contribution >= 4 is 22.6 Å². The van der Waals surface area contributed by atoms with E-state index in [1.807, 2.05) is 23.2 Å². The molecule has 62 valence electrons. The van der Waals surface area contributed by atoms with Crippen LogP contribution >= 0.6 is 11.6 Å². The zero-order valence-corrected chi connectivity index (χ0v) is 7.20. The lowest BCUT2D eigenvalue weighted by Crippen LogP contribution is -2.12. The first kappa shape index (κ1) is 7.55. The van der Waals surface area contributed by atoms with Crippen LogP contribution < -0.4 is 5.01 Å². The molecular formula is C8H8ClN3. The molecule has 0 fully saturated rings. The van der Waals surface area contributed by atoms with Crippen molar-refractivity contribution in [1.29, 1.82) is 0 Å². The summed E-state index contributed by atoms with van der Waals surface area (Å²) in [6.45, 7) is 0.829. The first-order valence-corrected chi connectivity index (χ1v) is 4.15. The van der Waals surface area contributed by atoms with Crippen LogP contribution in [0.1, 0.15) is 6.42 Å². The second-order valence-electron chi connectivity index (χ2n) is 2.54. The molecule has 0 spiro atoms. The summed E-state index contributed by atoms with van der Waals surface area (Å²) in [5, 5.41) is 6.57. The number of anilines is 1. The predicted molar refractivity (Wildman–Crippen MR) is 49.5 cm³/mol. The maximum atomic E-state index is 5.74. The number of rotatable bonds is 1. The second-order valence-corrected chi connectivity index (χ2v) is 2.97. The minimum absolute atomic E-state index is 0.653. The quantitative estimate of drug-likeness (QED) is 0.662. The van der Waals surface area contributed by atoms with Gasteiger partial charge in [-0.3, -0.25) is 0 Å². The van der Waals surface area contributed by atoms with E-state index >= 15 is 0 Å². The average Bonchev–Trinajstić information content (AvgIpc) is 2.54. The average molecular weight is 182 g/mol. The fourth-order valence-electron chi connectivity index (χ4n) is 1.10. The van der Waals surface area contributed by atoms with E-state index in [4.69, 9.17) is 11.6 Å². The topological polar surface area (TPSA) is 28.5 Å². The number of halogens is 1. The number of aromatic nitrogens is 1. The molecule has 0 amide bonds. The van der Waals surface area contributed by atoms with Crippen LogP contribution in [0.5, 0.6) is 0 Å². The molecule has 4 heteroatoms. The van der Waals surface area contributed by atoms with E-state index in [1.165, 1.54) is 0 Å². The molecule has 0 aliphatic carbocycles. The Morgan fingerprint density at radius 1 is 1.42 bits per heavy atom. The highest BCUT2D eigenvalue weighted by Gasteiger charge is 2.13. The number of pyridine rings is 1. The summed E-state index contributed by atoms with van der Waals surface area (Å²) in [6, 6.07) is 5.73. The van der Waals surface area contributed by atoms with Crippen LogP contribution in [-0.2, 0) is 0 Å². The second kappa shape index (κ2) is 3.11. The van der Waals surface area contributed by atoms with Crippen molar-refractivity contribution in [3.63, 3.8) is 0 Å². The van der Waals surface area contributed by atoms with Crippen LogP contribution in [0.3, 0.4) is 0 Å². The summed E-state index contributed by atoms with van der Waals surface area (Å²) < 4.78 is 0.